The Bertz CT molecular complexity index is 1630. The third-order valence-corrected chi connectivity index (χ3v) is 5.97. The highest BCUT2D eigenvalue weighted by molar-refractivity contribution is 6.39. The first kappa shape index (κ1) is 22.0. The molecule has 5 rings (SSSR count). The van der Waals surface area contributed by atoms with Crippen LogP contribution in [0.4, 0.5) is 10.5 Å². The number of carbonyl (C=O) groups excluding carboxylic acids is 3. The number of anilines is 1. The van der Waals surface area contributed by atoms with Gasteiger partial charge in [-0.25, -0.2) is 14.7 Å². The van der Waals surface area contributed by atoms with E-state index in [1.54, 1.807) is 73.1 Å². The molecule has 9 heteroatoms. The molecule has 0 atom stereocenters. The zero-order valence-corrected chi connectivity index (χ0v) is 19.3. The van der Waals surface area contributed by atoms with Crippen LogP contribution < -0.4 is 15.8 Å². The molecule has 0 radical (unpaired) electrons. The molecular formula is C26H21N5O4. The van der Waals surface area contributed by atoms with Gasteiger partial charge in [-0.1, -0.05) is 30.3 Å². The standard InChI is InChI=1S/C26H21N5O4/c1-15-13-18(14-21-23(32)28-26(35)29(24(21)33)19-9-5-4-6-10-19)16(2)30(15)31-17(3)27-22-12-8-7-11-20(22)25(31)34/h4-14H,1-3H3,(H,28,32,35). The van der Waals surface area contributed by atoms with E-state index in [1.165, 1.54) is 10.8 Å². The SMILES string of the molecule is Cc1cc(C=C2C(=O)NC(=O)N(c3ccccc3)C2=O)c(C)n1-n1c(C)nc2ccccc2c1=O. The highest BCUT2D eigenvalue weighted by atomic mass is 16.2. The Hall–Kier alpha value is -4.79. The number of nitrogens with one attached hydrogen (secondary N) is 1. The number of rotatable bonds is 3. The number of amides is 4. The summed E-state index contributed by atoms with van der Waals surface area (Å²) in [4.78, 5) is 57.0. The van der Waals surface area contributed by atoms with Crippen LogP contribution in [0.15, 0.2) is 71.0 Å². The number of carbonyl (C=O) groups is 3. The van der Waals surface area contributed by atoms with Gasteiger partial charge < -0.3 is 0 Å². The maximum Gasteiger partial charge on any atom is 0.335 e. The van der Waals surface area contributed by atoms with Crippen LogP contribution in [0.2, 0.25) is 0 Å². The van der Waals surface area contributed by atoms with Gasteiger partial charge in [0.2, 0.25) is 0 Å². The molecule has 4 amide bonds. The molecule has 0 unspecified atom stereocenters. The van der Waals surface area contributed by atoms with E-state index in [2.05, 4.69) is 10.3 Å². The quantitative estimate of drug-likeness (QED) is 0.368. The van der Waals surface area contributed by atoms with E-state index in [0.717, 1.165) is 4.90 Å². The van der Waals surface area contributed by atoms with Crippen molar-refractivity contribution in [3.63, 3.8) is 0 Å². The van der Waals surface area contributed by atoms with Crippen LogP contribution >= 0.6 is 0 Å². The van der Waals surface area contributed by atoms with Gasteiger partial charge in [0.05, 0.1) is 16.6 Å². The highest BCUT2D eigenvalue weighted by Gasteiger charge is 2.37. The summed E-state index contributed by atoms with van der Waals surface area (Å²) >= 11 is 0. The summed E-state index contributed by atoms with van der Waals surface area (Å²) in [5.74, 6) is -1.02. The summed E-state index contributed by atoms with van der Waals surface area (Å²) in [7, 11) is 0. The lowest BCUT2D eigenvalue weighted by Gasteiger charge is -2.26. The summed E-state index contributed by atoms with van der Waals surface area (Å²) < 4.78 is 3.17. The molecule has 3 heterocycles. The van der Waals surface area contributed by atoms with E-state index in [1.807, 2.05) is 13.0 Å². The fraction of sp³-hybridized carbons (Fsp3) is 0.115. The number of hydrogen-bond acceptors (Lipinski definition) is 5. The molecule has 1 aliphatic heterocycles. The summed E-state index contributed by atoms with van der Waals surface area (Å²) in [5.41, 5.74) is 2.42. The van der Waals surface area contributed by atoms with Crippen molar-refractivity contribution in [2.75, 3.05) is 4.90 Å². The maximum atomic E-state index is 13.3. The molecular weight excluding hydrogens is 446 g/mol. The van der Waals surface area contributed by atoms with Gasteiger partial charge in [-0.2, -0.15) is 4.68 Å². The van der Waals surface area contributed by atoms with Crippen LogP contribution in [0.1, 0.15) is 22.8 Å². The average Bonchev–Trinajstić information content (AvgIpc) is 3.10. The van der Waals surface area contributed by atoms with Crippen LogP contribution in [-0.2, 0) is 9.59 Å². The number of fused-ring (bicyclic) bond motifs is 1. The van der Waals surface area contributed by atoms with Crippen LogP contribution in [-0.4, -0.2) is 32.2 Å². The molecule has 9 nitrogen and oxygen atoms in total. The molecule has 1 saturated heterocycles. The van der Waals surface area contributed by atoms with Crippen molar-refractivity contribution in [2.24, 2.45) is 0 Å². The molecule has 35 heavy (non-hydrogen) atoms. The number of para-hydroxylation sites is 2. The number of imide groups is 2. The van der Waals surface area contributed by atoms with Crippen molar-refractivity contribution in [3.05, 3.63) is 99.4 Å². The topological polar surface area (TPSA) is 106 Å². The van der Waals surface area contributed by atoms with Crippen molar-refractivity contribution >= 4 is 40.5 Å². The Morgan fingerprint density at radius 2 is 1.54 bits per heavy atom. The summed E-state index contributed by atoms with van der Waals surface area (Å²) in [5, 5.41) is 2.70. The number of barbiturate groups is 1. The number of benzene rings is 2. The van der Waals surface area contributed by atoms with E-state index in [-0.39, 0.29) is 11.1 Å². The predicted molar refractivity (Wildman–Crippen MR) is 131 cm³/mol. The van der Waals surface area contributed by atoms with Crippen molar-refractivity contribution in [2.45, 2.75) is 20.8 Å². The number of hydrogen-bond donors (Lipinski definition) is 1. The lowest BCUT2D eigenvalue weighted by molar-refractivity contribution is -0.122. The molecule has 0 spiro atoms. The van der Waals surface area contributed by atoms with E-state index in [9.17, 15) is 19.2 Å². The second kappa shape index (κ2) is 8.21. The third kappa shape index (κ3) is 3.54. The van der Waals surface area contributed by atoms with Gasteiger partial charge in [-0.15, -0.1) is 0 Å². The van der Waals surface area contributed by atoms with E-state index in [4.69, 9.17) is 0 Å². The first-order valence-corrected chi connectivity index (χ1v) is 10.9. The lowest BCUT2D eigenvalue weighted by Crippen LogP contribution is -2.54. The number of aryl methyl sites for hydroxylation is 2. The molecule has 2 aromatic carbocycles. The number of nitrogens with zero attached hydrogens (tertiary/aromatic N) is 4. The Kier molecular flexibility index (Phi) is 5.17. The van der Waals surface area contributed by atoms with Gasteiger partial charge in [-0.05, 0) is 62.7 Å². The van der Waals surface area contributed by atoms with E-state index in [0.29, 0.717) is 39.4 Å². The lowest BCUT2D eigenvalue weighted by atomic mass is 10.1. The second-order valence-corrected chi connectivity index (χ2v) is 8.22. The van der Waals surface area contributed by atoms with Gasteiger partial charge in [0, 0.05) is 11.4 Å². The van der Waals surface area contributed by atoms with Gasteiger partial charge in [0.1, 0.15) is 11.4 Å². The molecule has 4 aromatic rings. The van der Waals surface area contributed by atoms with Crippen molar-refractivity contribution in [1.29, 1.82) is 0 Å². The van der Waals surface area contributed by atoms with Crippen molar-refractivity contribution in [3.8, 4) is 0 Å². The molecule has 0 bridgehead atoms. The fourth-order valence-corrected chi connectivity index (χ4v) is 4.33. The van der Waals surface area contributed by atoms with E-state index < -0.39 is 17.8 Å². The number of aromatic nitrogens is 3. The summed E-state index contributed by atoms with van der Waals surface area (Å²) in [6.07, 6.45) is 1.44. The largest absolute Gasteiger partial charge is 0.335 e. The van der Waals surface area contributed by atoms with Crippen LogP contribution in [0.3, 0.4) is 0 Å². The molecule has 0 saturated carbocycles. The molecule has 1 aliphatic rings. The van der Waals surface area contributed by atoms with E-state index >= 15 is 0 Å². The van der Waals surface area contributed by atoms with Crippen LogP contribution in [0, 0.1) is 20.8 Å². The average molecular weight is 467 g/mol. The fourth-order valence-electron chi connectivity index (χ4n) is 4.33. The minimum absolute atomic E-state index is 0.186. The molecule has 1 fully saturated rings. The Balaban J connectivity index is 1.63. The molecule has 2 aromatic heterocycles. The molecule has 1 N–H and O–H groups in total. The van der Waals surface area contributed by atoms with Crippen molar-refractivity contribution < 1.29 is 14.4 Å². The number of urea groups is 1. The molecule has 0 aliphatic carbocycles. The molecule has 174 valence electrons. The first-order chi connectivity index (χ1) is 16.8. The van der Waals surface area contributed by atoms with Crippen LogP contribution in [0.5, 0.6) is 0 Å². The van der Waals surface area contributed by atoms with Gasteiger partial charge in [-0.3, -0.25) is 24.4 Å². The summed E-state index contributed by atoms with van der Waals surface area (Å²) in [6, 6.07) is 16.4. The highest BCUT2D eigenvalue weighted by Crippen LogP contribution is 2.24. The summed E-state index contributed by atoms with van der Waals surface area (Å²) in [6.45, 7) is 5.34. The minimum atomic E-state index is -0.807. The predicted octanol–water partition coefficient (Wildman–Crippen LogP) is 3.10. The zero-order chi connectivity index (χ0) is 24.9. The Morgan fingerprint density at radius 3 is 2.29 bits per heavy atom. The van der Waals surface area contributed by atoms with Crippen molar-refractivity contribution in [1.82, 2.24) is 19.7 Å². The van der Waals surface area contributed by atoms with Gasteiger partial charge in [0.15, 0.2) is 0 Å². The first-order valence-electron chi connectivity index (χ1n) is 10.9. The minimum Gasteiger partial charge on any atom is -0.273 e. The third-order valence-electron chi connectivity index (χ3n) is 5.97. The van der Waals surface area contributed by atoms with Gasteiger partial charge in [0.25, 0.3) is 17.4 Å². The zero-order valence-electron chi connectivity index (χ0n) is 19.3. The van der Waals surface area contributed by atoms with Gasteiger partial charge >= 0.3 is 6.03 Å². The maximum absolute atomic E-state index is 13.3. The Morgan fingerprint density at radius 1 is 0.857 bits per heavy atom. The second-order valence-electron chi connectivity index (χ2n) is 8.22. The monoisotopic (exact) mass is 467 g/mol. The smallest absolute Gasteiger partial charge is 0.273 e. The van der Waals surface area contributed by atoms with Crippen LogP contribution in [0.25, 0.3) is 17.0 Å². The Labute approximate surface area is 199 Å². The normalized spacial score (nSPS) is 15.2.